The van der Waals surface area contributed by atoms with Gasteiger partial charge in [-0.1, -0.05) is 54.6 Å². The summed E-state index contributed by atoms with van der Waals surface area (Å²) in [5, 5.41) is 4.30. The molecular weight excluding hydrogens is 331 g/mol. The number of rotatable bonds is 4. The molecule has 5 heteroatoms. The summed E-state index contributed by atoms with van der Waals surface area (Å²) in [6.07, 6.45) is 0. The number of amides is 1. The molecule has 0 saturated carbocycles. The van der Waals surface area contributed by atoms with Crippen LogP contribution < -0.4 is 10.2 Å². The van der Waals surface area contributed by atoms with E-state index in [4.69, 9.17) is 4.74 Å². The molecule has 4 rings (SSSR count). The van der Waals surface area contributed by atoms with Gasteiger partial charge in [-0.05, 0) is 23.3 Å². The summed E-state index contributed by atoms with van der Waals surface area (Å²) in [5.41, 5.74) is 7.36. The largest absolute Gasteiger partial charge is 0.484 e. The number of hydrazone groups is 1. The normalized spacial score (nSPS) is 11.5. The van der Waals surface area contributed by atoms with Crippen LogP contribution in [0.5, 0.6) is 5.75 Å². The first-order valence-corrected chi connectivity index (χ1v) is 8.16. The van der Waals surface area contributed by atoms with Gasteiger partial charge in [0.25, 0.3) is 5.91 Å². The zero-order valence-corrected chi connectivity index (χ0v) is 13.8. The molecule has 26 heavy (non-hydrogen) atoms. The average Bonchev–Trinajstić information content (AvgIpc) is 2.99. The van der Waals surface area contributed by atoms with Gasteiger partial charge in [-0.3, -0.25) is 4.79 Å². The molecule has 0 fully saturated rings. The maximum absolute atomic E-state index is 13.1. The minimum Gasteiger partial charge on any atom is -0.484 e. The number of hydrogen-bond donors (Lipinski definition) is 1. The minimum absolute atomic E-state index is 0.247. The van der Waals surface area contributed by atoms with Gasteiger partial charge >= 0.3 is 0 Å². The van der Waals surface area contributed by atoms with Crippen LogP contribution in [-0.4, -0.2) is 18.2 Å². The average molecular weight is 346 g/mol. The van der Waals surface area contributed by atoms with Gasteiger partial charge in [0.05, 0.1) is 5.71 Å². The Hall–Kier alpha value is -3.47. The molecule has 1 amide bonds. The van der Waals surface area contributed by atoms with Gasteiger partial charge in [0.1, 0.15) is 11.6 Å². The quantitative estimate of drug-likeness (QED) is 0.572. The van der Waals surface area contributed by atoms with Gasteiger partial charge in [-0.25, -0.2) is 9.82 Å². The van der Waals surface area contributed by atoms with Crippen molar-refractivity contribution in [3.63, 3.8) is 0 Å². The predicted molar refractivity (Wildman–Crippen MR) is 97.6 cm³/mol. The van der Waals surface area contributed by atoms with Crippen molar-refractivity contribution in [1.82, 2.24) is 5.43 Å². The van der Waals surface area contributed by atoms with Gasteiger partial charge in [0.2, 0.25) is 0 Å². The molecular formula is C21H15FN2O2. The standard InChI is InChI=1S/C21H15FN2O2/c22-14-6-5-7-15(12-14)26-13-20(25)23-24-21-18-10-3-1-8-16(18)17-9-2-4-11-19(17)21/h1-12H,13H2,(H,23,25). The summed E-state index contributed by atoms with van der Waals surface area (Å²) in [7, 11) is 0. The van der Waals surface area contributed by atoms with Crippen molar-refractivity contribution < 1.29 is 13.9 Å². The van der Waals surface area contributed by atoms with Gasteiger partial charge in [0, 0.05) is 17.2 Å². The van der Waals surface area contributed by atoms with E-state index in [-0.39, 0.29) is 6.61 Å². The Bertz CT molecular complexity index is 967. The lowest BCUT2D eigenvalue weighted by Crippen LogP contribution is -2.26. The molecule has 1 N–H and O–H groups in total. The first kappa shape index (κ1) is 16.0. The monoisotopic (exact) mass is 346 g/mol. The molecule has 128 valence electrons. The molecule has 1 aliphatic carbocycles. The SMILES string of the molecule is O=C(COc1cccc(F)c1)NN=C1c2ccccc2-c2ccccc21. The summed E-state index contributed by atoms with van der Waals surface area (Å²) < 4.78 is 18.4. The van der Waals surface area contributed by atoms with Crippen LogP contribution in [0.4, 0.5) is 4.39 Å². The van der Waals surface area contributed by atoms with Gasteiger partial charge in [0.15, 0.2) is 6.61 Å². The van der Waals surface area contributed by atoms with E-state index in [1.54, 1.807) is 6.07 Å². The number of nitrogens with one attached hydrogen (secondary N) is 1. The molecule has 0 aliphatic heterocycles. The summed E-state index contributed by atoms with van der Waals surface area (Å²) >= 11 is 0. The van der Waals surface area contributed by atoms with Crippen LogP contribution in [0.1, 0.15) is 11.1 Å². The highest BCUT2D eigenvalue weighted by molar-refractivity contribution is 6.24. The van der Waals surface area contributed by atoms with Crippen molar-refractivity contribution in [3.05, 3.63) is 89.7 Å². The van der Waals surface area contributed by atoms with Crippen molar-refractivity contribution in [1.29, 1.82) is 0 Å². The number of hydrogen-bond acceptors (Lipinski definition) is 3. The van der Waals surface area contributed by atoms with Crippen molar-refractivity contribution >= 4 is 11.6 Å². The van der Waals surface area contributed by atoms with E-state index in [9.17, 15) is 9.18 Å². The van der Waals surface area contributed by atoms with Crippen LogP contribution in [0.15, 0.2) is 77.9 Å². The molecule has 3 aromatic carbocycles. The fourth-order valence-corrected chi connectivity index (χ4v) is 2.97. The summed E-state index contributed by atoms with van der Waals surface area (Å²) in [5.74, 6) is -0.532. The summed E-state index contributed by atoms with van der Waals surface area (Å²) in [6.45, 7) is -0.247. The minimum atomic E-state index is -0.415. The Morgan fingerprint density at radius 2 is 1.50 bits per heavy atom. The molecule has 0 saturated heterocycles. The molecule has 0 atom stereocenters. The fraction of sp³-hybridized carbons (Fsp3) is 0.0476. The lowest BCUT2D eigenvalue weighted by atomic mass is 10.1. The first-order valence-electron chi connectivity index (χ1n) is 8.16. The second-order valence-electron chi connectivity index (χ2n) is 5.83. The van der Waals surface area contributed by atoms with E-state index in [2.05, 4.69) is 10.5 Å². The number of benzene rings is 3. The highest BCUT2D eigenvalue weighted by Gasteiger charge is 2.24. The van der Waals surface area contributed by atoms with Crippen LogP contribution in [0.2, 0.25) is 0 Å². The Balaban J connectivity index is 1.51. The third-order valence-corrected chi connectivity index (χ3v) is 4.11. The molecule has 0 unspecified atom stereocenters. The van der Waals surface area contributed by atoms with Gasteiger partial charge in [-0.15, -0.1) is 0 Å². The summed E-state index contributed by atoms with van der Waals surface area (Å²) in [4.78, 5) is 12.0. The highest BCUT2D eigenvalue weighted by Crippen LogP contribution is 2.36. The lowest BCUT2D eigenvalue weighted by molar-refractivity contribution is -0.123. The van der Waals surface area contributed by atoms with Gasteiger partial charge < -0.3 is 4.74 Å². The van der Waals surface area contributed by atoms with Crippen LogP contribution in [-0.2, 0) is 4.79 Å². The molecule has 0 aromatic heterocycles. The maximum Gasteiger partial charge on any atom is 0.277 e. The van der Waals surface area contributed by atoms with E-state index in [0.29, 0.717) is 5.75 Å². The maximum atomic E-state index is 13.1. The van der Waals surface area contributed by atoms with Crippen molar-refractivity contribution in [2.75, 3.05) is 6.61 Å². The molecule has 0 radical (unpaired) electrons. The third kappa shape index (κ3) is 3.07. The fourth-order valence-electron chi connectivity index (χ4n) is 2.97. The van der Waals surface area contributed by atoms with Crippen LogP contribution in [0.3, 0.4) is 0 Å². The first-order chi connectivity index (χ1) is 12.7. The second-order valence-corrected chi connectivity index (χ2v) is 5.83. The molecule has 3 aromatic rings. The van der Waals surface area contributed by atoms with Gasteiger partial charge in [-0.2, -0.15) is 5.10 Å². The number of halogens is 1. The zero-order valence-electron chi connectivity index (χ0n) is 13.8. The molecule has 0 spiro atoms. The van der Waals surface area contributed by atoms with Crippen molar-refractivity contribution in [2.45, 2.75) is 0 Å². The number of nitrogens with zero attached hydrogens (tertiary/aromatic N) is 1. The Labute approximate surface area is 149 Å². The Kier molecular flexibility index (Phi) is 4.19. The molecule has 0 heterocycles. The Morgan fingerprint density at radius 1 is 0.885 bits per heavy atom. The van der Waals surface area contributed by atoms with Crippen molar-refractivity contribution in [3.8, 4) is 16.9 Å². The molecule has 4 nitrogen and oxygen atoms in total. The van der Waals surface area contributed by atoms with E-state index in [0.717, 1.165) is 28.0 Å². The highest BCUT2D eigenvalue weighted by atomic mass is 19.1. The van der Waals surface area contributed by atoms with E-state index in [1.165, 1.54) is 18.2 Å². The lowest BCUT2D eigenvalue weighted by Gasteiger charge is -2.06. The second kappa shape index (κ2) is 6.80. The van der Waals surface area contributed by atoms with Crippen LogP contribution in [0.25, 0.3) is 11.1 Å². The topological polar surface area (TPSA) is 50.7 Å². The van der Waals surface area contributed by atoms with E-state index < -0.39 is 11.7 Å². The third-order valence-electron chi connectivity index (χ3n) is 4.11. The number of fused-ring (bicyclic) bond motifs is 3. The molecule has 0 bridgehead atoms. The Morgan fingerprint density at radius 3 is 2.12 bits per heavy atom. The van der Waals surface area contributed by atoms with E-state index >= 15 is 0 Å². The number of ether oxygens (including phenoxy) is 1. The summed E-state index contributed by atoms with van der Waals surface area (Å²) in [6, 6.07) is 21.5. The smallest absolute Gasteiger partial charge is 0.277 e. The van der Waals surface area contributed by atoms with E-state index in [1.807, 2.05) is 48.5 Å². The molecule has 1 aliphatic rings. The number of carbonyl (C=O) groups excluding carboxylic acids is 1. The van der Waals surface area contributed by atoms with Crippen LogP contribution >= 0.6 is 0 Å². The zero-order chi connectivity index (χ0) is 17.9. The van der Waals surface area contributed by atoms with Crippen molar-refractivity contribution in [2.24, 2.45) is 5.10 Å². The number of carbonyl (C=O) groups is 1. The van der Waals surface area contributed by atoms with Crippen LogP contribution in [0, 0.1) is 5.82 Å². The predicted octanol–water partition coefficient (Wildman–Crippen LogP) is 3.75.